The fourth-order valence-electron chi connectivity index (χ4n) is 2.02. The van der Waals surface area contributed by atoms with Crippen molar-refractivity contribution in [1.82, 2.24) is 14.8 Å². The second kappa shape index (κ2) is 4.70. The van der Waals surface area contributed by atoms with Gasteiger partial charge in [-0.3, -0.25) is 4.79 Å². The molecule has 0 bridgehead atoms. The van der Waals surface area contributed by atoms with Gasteiger partial charge in [0.1, 0.15) is 5.69 Å². The molecule has 1 amide bonds. The van der Waals surface area contributed by atoms with E-state index in [2.05, 4.69) is 12.2 Å². The molecule has 1 fully saturated rings. The number of aryl methyl sites for hydroxylation is 1. The Hall–Kier alpha value is -1.29. The average molecular weight is 221 g/mol. The highest BCUT2D eigenvalue weighted by molar-refractivity contribution is 5.93. The van der Waals surface area contributed by atoms with Crippen LogP contribution < -0.4 is 5.32 Å². The van der Waals surface area contributed by atoms with Crippen LogP contribution >= 0.6 is 0 Å². The van der Waals surface area contributed by atoms with Crippen LogP contribution in [0.5, 0.6) is 0 Å². The number of amides is 1. The maximum absolute atomic E-state index is 12.3. The minimum atomic E-state index is 0.154. The molecular weight excluding hydrogens is 202 g/mol. The monoisotopic (exact) mass is 221 g/mol. The van der Waals surface area contributed by atoms with E-state index < -0.39 is 0 Å². The Balaban J connectivity index is 2.13. The van der Waals surface area contributed by atoms with Crippen molar-refractivity contribution >= 4 is 5.91 Å². The van der Waals surface area contributed by atoms with Gasteiger partial charge in [-0.1, -0.05) is 6.92 Å². The van der Waals surface area contributed by atoms with Gasteiger partial charge in [0, 0.05) is 32.9 Å². The number of carbonyl (C=O) groups excluding carboxylic acids is 1. The first-order valence-corrected chi connectivity index (χ1v) is 5.87. The maximum Gasteiger partial charge on any atom is 0.270 e. The lowest BCUT2D eigenvalue weighted by Gasteiger charge is -2.38. The van der Waals surface area contributed by atoms with Crippen LogP contribution in [0.3, 0.4) is 0 Å². The Morgan fingerprint density at radius 3 is 2.81 bits per heavy atom. The predicted octanol–water partition coefficient (Wildman–Crippen LogP) is 0.849. The molecule has 2 rings (SSSR count). The van der Waals surface area contributed by atoms with Crippen molar-refractivity contribution in [2.24, 2.45) is 7.05 Å². The molecule has 0 aliphatic carbocycles. The number of hydrogen-bond donors (Lipinski definition) is 1. The summed E-state index contributed by atoms with van der Waals surface area (Å²) in [4.78, 5) is 14.3. The van der Waals surface area contributed by atoms with Crippen molar-refractivity contribution in [2.75, 3.05) is 19.6 Å². The van der Waals surface area contributed by atoms with Crippen molar-refractivity contribution in [1.29, 1.82) is 0 Å². The molecular formula is C12H19N3O. The molecule has 1 aliphatic heterocycles. The largest absolute Gasteiger partial charge is 0.347 e. The van der Waals surface area contributed by atoms with E-state index in [1.54, 1.807) is 0 Å². The van der Waals surface area contributed by atoms with Gasteiger partial charge in [0.2, 0.25) is 0 Å². The summed E-state index contributed by atoms with van der Waals surface area (Å²) in [5.74, 6) is 0.154. The highest BCUT2D eigenvalue weighted by atomic mass is 16.2. The molecule has 0 radical (unpaired) electrons. The highest BCUT2D eigenvalue weighted by Gasteiger charge is 2.29. The van der Waals surface area contributed by atoms with E-state index in [-0.39, 0.29) is 5.91 Å². The van der Waals surface area contributed by atoms with Crippen LogP contribution in [-0.4, -0.2) is 41.1 Å². The van der Waals surface area contributed by atoms with E-state index in [1.165, 1.54) is 0 Å². The van der Waals surface area contributed by atoms with Gasteiger partial charge in [-0.15, -0.1) is 0 Å². The second-order valence-corrected chi connectivity index (χ2v) is 4.31. The van der Waals surface area contributed by atoms with Crippen molar-refractivity contribution in [2.45, 2.75) is 19.4 Å². The zero-order valence-electron chi connectivity index (χ0n) is 9.94. The van der Waals surface area contributed by atoms with Crippen LogP contribution in [0, 0.1) is 0 Å². The summed E-state index contributed by atoms with van der Waals surface area (Å²) in [7, 11) is 1.91. The molecule has 4 heteroatoms. The lowest BCUT2D eigenvalue weighted by Crippen LogP contribution is -2.59. The van der Waals surface area contributed by atoms with E-state index in [4.69, 9.17) is 0 Å². The number of nitrogens with one attached hydrogen (secondary N) is 1. The van der Waals surface area contributed by atoms with E-state index in [0.717, 1.165) is 31.7 Å². The summed E-state index contributed by atoms with van der Waals surface area (Å²) in [6.07, 6.45) is 2.92. The quantitative estimate of drug-likeness (QED) is 0.818. The SMILES string of the molecule is CCCN(C(=O)c1cccn1C)C1CNC1. The number of hydrogen-bond acceptors (Lipinski definition) is 2. The van der Waals surface area contributed by atoms with Gasteiger partial charge < -0.3 is 14.8 Å². The molecule has 16 heavy (non-hydrogen) atoms. The molecule has 0 atom stereocenters. The number of carbonyl (C=O) groups is 1. The van der Waals surface area contributed by atoms with Gasteiger partial charge in [-0.25, -0.2) is 0 Å². The van der Waals surface area contributed by atoms with E-state index in [9.17, 15) is 4.79 Å². The van der Waals surface area contributed by atoms with E-state index in [1.807, 2.05) is 34.8 Å². The Morgan fingerprint density at radius 1 is 1.62 bits per heavy atom. The molecule has 1 aliphatic rings. The molecule has 88 valence electrons. The van der Waals surface area contributed by atoms with Crippen LogP contribution in [0.1, 0.15) is 23.8 Å². The second-order valence-electron chi connectivity index (χ2n) is 4.31. The summed E-state index contributed by atoms with van der Waals surface area (Å²) in [5, 5.41) is 3.21. The standard InChI is InChI=1S/C12H19N3O/c1-3-6-15(10-8-13-9-10)12(16)11-5-4-7-14(11)2/h4-5,7,10,13H,3,6,8-9H2,1-2H3. The lowest BCUT2D eigenvalue weighted by atomic mass is 10.1. The molecule has 1 saturated heterocycles. The van der Waals surface area contributed by atoms with E-state index >= 15 is 0 Å². The van der Waals surface area contributed by atoms with Gasteiger partial charge in [0.25, 0.3) is 5.91 Å². The van der Waals surface area contributed by atoms with Crippen molar-refractivity contribution in [3.63, 3.8) is 0 Å². The fourth-order valence-corrected chi connectivity index (χ4v) is 2.02. The van der Waals surface area contributed by atoms with Crippen LogP contribution in [-0.2, 0) is 7.05 Å². The van der Waals surface area contributed by atoms with Crippen LogP contribution in [0.2, 0.25) is 0 Å². The lowest BCUT2D eigenvalue weighted by molar-refractivity contribution is 0.0606. The fraction of sp³-hybridized carbons (Fsp3) is 0.583. The summed E-state index contributed by atoms with van der Waals surface area (Å²) < 4.78 is 1.89. The minimum Gasteiger partial charge on any atom is -0.347 e. The smallest absolute Gasteiger partial charge is 0.270 e. The highest BCUT2D eigenvalue weighted by Crippen LogP contribution is 2.12. The van der Waals surface area contributed by atoms with Gasteiger partial charge in [0.05, 0.1) is 6.04 Å². The first kappa shape index (κ1) is 11.2. The molecule has 1 N–H and O–H groups in total. The van der Waals surface area contributed by atoms with Gasteiger partial charge in [-0.05, 0) is 18.6 Å². The first-order chi connectivity index (χ1) is 7.74. The molecule has 1 aromatic rings. The topological polar surface area (TPSA) is 37.3 Å². The molecule has 0 unspecified atom stereocenters. The van der Waals surface area contributed by atoms with Gasteiger partial charge in [0.15, 0.2) is 0 Å². The average Bonchev–Trinajstić information content (AvgIpc) is 2.60. The zero-order valence-corrected chi connectivity index (χ0v) is 9.94. The summed E-state index contributed by atoms with van der Waals surface area (Å²) in [6, 6.07) is 4.18. The molecule has 1 aromatic heterocycles. The molecule has 0 saturated carbocycles. The summed E-state index contributed by atoms with van der Waals surface area (Å²) in [5.41, 5.74) is 0.778. The third-order valence-electron chi connectivity index (χ3n) is 3.09. The summed E-state index contributed by atoms with van der Waals surface area (Å²) in [6.45, 7) is 4.81. The first-order valence-electron chi connectivity index (χ1n) is 5.87. The van der Waals surface area contributed by atoms with Gasteiger partial charge >= 0.3 is 0 Å². The number of rotatable bonds is 4. The Morgan fingerprint density at radius 2 is 2.38 bits per heavy atom. The molecule has 0 spiro atoms. The molecule has 2 heterocycles. The summed E-state index contributed by atoms with van der Waals surface area (Å²) >= 11 is 0. The maximum atomic E-state index is 12.3. The van der Waals surface area contributed by atoms with Crippen LogP contribution in [0.25, 0.3) is 0 Å². The van der Waals surface area contributed by atoms with Crippen LogP contribution in [0.15, 0.2) is 18.3 Å². The van der Waals surface area contributed by atoms with Crippen LogP contribution in [0.4, 0.5) is 0 Å². The number of aromatic nitrogens is 1. The van der Waals surface area contributed by atoms with Crippen molar-refractivity contribution in [3.05, 3.63) is 24.0 Å². The van der Waals surface area contributed by atoms with Gasteiger partial charge in [-0.2, -0.15) is 0 Å². The normalized spacial score (nSPS) is 15.9. The predicted molar refractivity (Wildman–Crippen MR) is 63.4 cm³/mol. The minimum absolute atomic E-state index is 0.154. The molecule has 0 aromatic carbocycles. The van der Waals surface area contributed by atoms with Crippen molar-refractivity contribution < 1.29 is 4.79 Å². The third kappa shape index (κ3) is 1.97. The van der Waals surface area contributed by atoms with E-state index in [0.29, 0.717) is 6.04 Å². The van der Waals surface area contributed by atoms with Crippen molar-refractivity contribution in [3.8, 4) is 0 Å². The molecule has 4 nitrogen and oxygen atoms in total. The Kier molecular flexibility index (Phi) is 3.29. The number of nitrogens with zero attached hydrogens (tertiary/aromatic N) is 2. The Bertz CT molecular complexity index is 368. The zero-order chi connectivity index (χ0) is 11.5. The third-order valence-corrected chi connectivity index (χ3v) is 3.09. The Labute approximate surface area is 96.2 Å².